The largest absolute Gasteiger partial charge is 0.339 e. The summed E-state index contributed by atoms with van der Waals surface area (Å²) in [7, 11) is 0. The highest BCUT2D eigenvalue weighted by atomic mass is 35.5. The molecule has 0 unspecified atom stereocenters. The van der Waals surface area contributed by atoms with E-state index in [0.717, 1.165) is 0 Å². The summed E-state index contributed by atoms with van der Waals surface area (Å²) in [6, 6.07) is 11.2. The lowest BCUT2D eigenvalue weighted by Gasteiger charge is -2.08. The average Bonchev–Trinajstić information content (AvgIpc) is 2.59. The van der Waals surface area contributed by atoms with E-state index in [1.807, 2.05) is 0 Å². The van der Waals surface area contributed by atoms with Gasteiger partial charge in [-0.05, 0) is 37.3 Å². The molecule has 0 aliphatic rings. The van der Waals surface area contributed by atoms with Gasteiger partial charge in [-0.2, -0.15) is 10.1 Å². The quantitative estimate of drug-likeness (QED) is 0.661. The Kier molecular flexibility index (Phi) is 4.85. The molecule has 1 heterocycles. The lowest BCUT2D eigenvalue weighted by molar-refractivity contribution is 0.101. The molecule has 6 nitrogen and oxygen atoms in total. The fourth-order valence-corrected chi connectivity index (χ4v) is 2.26. The Hall–Kier alpha value is -3.06. The second-order valence-corrected chi connectivity index (χ2v) is 5.59. The van der Waals surface area contributed by atoms with Crippen LogP contribution in [0.2, 0.25) is 5.02 Å². The predicted molar refractivity (Wildman–Crippen MR) is 94.2 cm³/mol. The van der Waals surface area contributed by atoms with Crippen molar-refractivity contribution in [3.8, 4) is 0 Å². The van der Waals surface area contributed by atoms with Crippen LogP contribution in [-0.2, 0) is 0 Å². The molecule has 0 saturated carbocycles. The first-order chi connectivity index (χ1) is 12.0. The first-order valence-corrected chi connectivity index (χ1v) is 7.69. The third-order valence-electron chi connectivity index (χ3n) is 3.28. The Morgan fingerprint density at radius 1 is 1.12 bits per heavy atom. The van der Waals surface area contributed by atoms with Crippen LogP contribution in [0.5, 0.6) is 0 Å². The minimum atomic E-state index is -0.507. The number of halogens is 2. The van der Waals surface area contributed by atoms with Gasteiger partial charge in [0.1, 0.15) is 5.82 Å². The molecule has 8 heteroatoms. The van der Waals surface area contributed by atoms with Crippen molar-refractivity contribution in [3.63, 3.8) is 0 Å². The molecule has 0 spiro atoms. The van der Waals surface area contributed by atoms with Crippen molar-refractivity contribution < 1.29 is 9.18 Å². The van der Waals surface area contributed by atoms with Crippen molar-refractivity contribution >= 4 is 40.5 Å². The van der Waals surface area contributed by atoms with E-state index in [2.05, 4.69) is 25.8 Å². The number of carbonyl (C=O) groups is 1. The Morgan fingerprint density at radius 3 is 2.68 bits per heavy atom. The summed E-state index contributed by atoms with van der Waals surface area (Å²) >= 11 is 5.75. The molecule has 0 radical (unpaired) electrons. The first-order valence-electron chi connectivity index (χ1n) is 7.31. The van der Waals surface area contributed by atoms with Crippen molar-refractivity contribution in [2.75, 3.05) is 10.6 Å². The summed E-state index contributed by atoms with van der Waals surface area (Å²) < 4.78 is 13.2. The Bertz CT molecular complexity index is 934. The Balaban J connectivity index is 1.78. The highest BCUT2D eigenvalue weighted by Crippen LogP contribution is 2.22. The number of carbonyl (C=O) groups excluding carboxylic acids is 1. The van der Waals surface area contributed by atoms with E-state index < -0.39 is 5.82 Å². The molecule has 2 N–H and O–H groups in total. The molecular weight excluding hydrogens is 345 g/mol. The molecule has 0 saturated heterocycles. The van der Waals surface area contributed by atoms with Crippen molar-refractivity contribution in [2.24, 2.45) is 0 Å². The highest BCUT2D eigenvalue weighted by Gasteiger charge is 2.06. The number of benzene rings is 2. The van der Waals surface area contributed by atoms with Gasteiger partial charge in [-0.3, -0.25) is 4.79 Å². The average molecular weight is 358 g/mol. The second kappa shape index (κ2) is 7.23. The van der Waals surface area contributed by atoms with E-state index in [0.29, 0.717) is 22.8 Å². The number of anilines is 4. The molecule has 0 bridgehead atoms. The second-order valence-electron chi connectivity index (χ2n) is 5.18. The molecule has 3 rings (SSSR count). The van der Waals surface area contributed by atoms with Crippen molar-refractivity contribution in [1.82, 2.24) is 15.2 Å². The number of hydrogen-bond acceptors (Lipinski definition) is 6. The van der Waals surface area contributed by atoms with Gasteiger partial charge in [-0.1, -0.05) is 23.7 Å². The number of ketones is 1. The molecule has 25 heavy (non-hydrogen) atoms. The van der Waals surface area contributed by atoms with Crippen LogP contribution in [0.3, 0.4) is 0 Å². The molecule has 0 aliphatic heterocycles. The molecular formula is C17H13ClFN5O. The number of hydrogen-bond donors (Lipinski definition) is 2. The van der Waals surface area contributed by atoms with Gasteiger partial charge in [-0.25, -0.2) is 4.39 Å². The lowest BCUT2D eigenvalue weighted by Crippen LogP contribution is -2.03. The number of Topliss-reactive ketones (excluding diaryl/α,β-unsaturated/α-hetero) is 1. The zero-order chi connectivity index (χ0) is 17.8. The summed E-state index contributed by atoms with van der Waals surface area (Å²) in [4.78, 5) is 15.7. The Labute approximate surface area is 148 Å². The maximum Gasteiger partial charge on any atom is 0.249 e. The Morgan fingerprint density at radius 2 is 1.92 bits per heavy atom. The van der Waals surface area contributed by atoms with E-state index in [1.54, 1.807) is 24.3 Å². The summed E-state index contributed by atoms with van der Waals surface area (Å²) in [5.74, 6) is 0.119. The van der Waals surface area contributed by atoms with Crippen LogP contribution in [0.25, 0.3) is 0 Å². The first kappa shape index (κ1) is 16.8. The molecule has 0 fully saturated rings. The zero-order valence-electron chi connectivity index (χ0n) is 13.1. The van der Waals surface area contributed by atoms with E-state index in [4.69, 9.17) is 11.6 Å². The van der Waals surface area contributed by atoms with Crippen molar-refractivity contribution in [3.05, 3.63) is 65.1 Å². The van der Waals surface area contributed by atoms with Gasteiger partial charge in [0.2, 0.25) is 5.95 Å². The molecule has 0 aliphatic carbocycles. The van der Waals surface area contributed by atoms with E-state index in [-0.39, 0.29) is 16.8 Å². The summed E-state index contributed by atoms with van der Waals surface area (Å²) in [6.07, 6.45) is 1.45. The highest BCUT2D eigenvalue weighted by molar-refractivity contribution is 6.31. The summed E-state index contributed by atoms with van der Waals surface area (Å²) in [6.45, 7) is 1.50. The summed E-state index contributed by atoms with van der Waals surface area (Å²) in [5, 5.41) is 13.7. The van der Waals surface area contributed by atoms with Crippen molar-refractivity contribution in [1.29, 1.82) is 0 Å². The maximum atomic E-state index is 13.2. The maximum absolute atomic E-state index is 13.2. The van der Waals surface area contributed by atoms with Crippen molar-refractivity contribution in [2.45, 2.75) is 6.92 Å². The normalized spacial score (nSPS) is 10.4. The van der Waals surface area contributed by atoms with Gasteiger partial charge in [0.15, 0.2) is 11.6 Å². The molecule has 0 amide bonds. The van der Waals surface area contributed by atoms with Crippen LogP contribution in [0, 0.1) is 5.82 Å². The van der Waals surface area contributed by atoms with Crippen LogP contribution in [0.1, 0.15) is 17.3 Å². The van der Waals surface area contributed by atoms with Crippen LogP contribution in [0.4, 0.5) is 27.5 Å². The third-order valence-corrected chi connectivity index (χ3v) is 3.57. The van der Waals surface area contributed by atoms with Gasteiger partial charge in [-0.15, -0.1) is 5.10 Å². The molecule has 0 atom stereocenters. The van der Waals surface area contributed by atoms with E-state index >= 15 is 0 Å². The van der Waals surface area contributed by atoms with Crippen LogP contribution < -0.4 is 10.6 Å². The molecule has 3 aromatic rings. The number of rotatable bonds is 5. The molecule has 1 aromatic heterocycles. The zero-order valence-corrected chi connectivity index (χ0v) is 13.9. The lowest BCUT2D eigenvalue weighted by atomic mass is 10.1. The monoisotopic (exact) mass is 357 g/mol. The smallest absolute Gasteiger partial charge is 0.249 e. The molecule has 2 aromatic carbocycles. The number of nitrogens with one attached hydrogen (secondary N) is 2. The standard InChI is InChI=1S/C17H13ClFN5O/c1-10(25)11-3-2-4-12(7-11)21-16-9-20-24-17(23-16)22-13-5-6-15(19)14(18)8-13/h2-9H,1H3,(H2,21,22,23,24). The van der Waals surface area contributed by atoms with Gasteiger partial charge in [0.05, 0.1) is 11.2 Å². The van der Waals surface area contributed by atoms with Gasteiger partial charge >= 0.3 is 0 Å². The topological polar surface area (TPSA) is 79.8 Å². The van der Waals surface area contributed by atoms with E-state index in [1.165, 1.54) is 31.3 Å². The van der Waals surface area contributed by atoms with Gasteiger partial charge < -0.3 is 10.6 Å². The summed E-state index contributed by atoms with van der Waals surface area (Å²) in [5.41, 5.74) is 1.82. The van der Waals surface area contributed by atoms with Gasteiger partial charge in [0, 0.05) is 16.9 Å². The van der Waals surface area contributed by atoms with Crippen LogP contribution in [0.15, 0.2) is 48.7 Å². The minimum Gasteiger partial charge on any atom is -0.339 e. The van der Waals surface area contributed by atoms with E-state index in [9.17, 15) is 9.18 Å². The third kappa shape index (κ3) is 4.27. The fourth-order valence-electron chi connectivity index (χ4n) is 2.08. The number of nitrogens with zero attached hydrogens (tertiary/aromatic N) is 3. The predicted octanol–water partition coefficient (Wildman–Crippen LogP) is 4.35. The molecule has 126 valence electrons. The van der Waals surface area contributed by atoms with Crippen LogP contribution >= 0.6 is 11.6 Å². The SMILES string of the molecule is CC(=O)c1cccc(Nc2cnnc(Nc3ccc(F)c(Cl)c3)n2)c1. The number of aromatic nitrogens is 3. The van der Waals surface area contributed by atoms with Crippen LogP contribution in [-0.4, -0.2) is 21.0 Å². The minimum absolute atomic E-state index is 0.00622. The van der Waals surface area contributed by atoms with Gasteiger partial charge in [0.25, 0.3) is 0 Å². The fraction of sp³-hybridized carbons (Fsp3) is 0.0588.